The van der Waals surface area contributed by atoms with Crippen LogP contribution in [0.3, 0.4) is 0 Å². The summed E-state index contributed by atoms with van der Waals surface area (Å²) in [5.74, 6) is 0.507. The highest BCUT2D eigenvalue weighted by molar-refractivity contribution is 9.10. The lowest BCUT2D eigenvalue weighted by Crippen LogP contribution is -2.26. The van der Waals surface area contributed by atoms with Crippen LogP contribution in [-0.2, 0) is 13.5 Å². The minimum atomic E-state index is -0.194. The number of nitrogen functional groups attached to an aromatic ring is 1. The highest BCUT2D eigenvalue weighted by atomic mass is 79.9. The van der Waals surface area contributed by atoms with Crippen LogP contribution in [0.15, 0.2) is 29.0 Å². The summed E-state index contributed by atoms with van der Waals surface area (Å²) in [5.41, 5.74) is 6.71. The zero-order valence-corrected chi connectivity index (χ0v) is 13.2. The Kier molecular flexibility index (Phi) is 5.97. The summed E-state index contributed by atoms with van der Waals surface area (Å²) in [6.07, 6.45) is 2.22. The molecule has 20 heavy (non-hydrogen) atoms. The Balaban J connectivity index is 0.00000200. The van der Waals surface area contributed by atoms with Gasteiger partial charge in [0.1, 0.15) is 6.33 Å². The minimum Gasteiger partial charge on any atom is -0.398 e. The maximum absolute atomic E-state index is 11.9. The second-order valence-corrected chi connectivity index (χ2v) is 4.99. The molecule has 1 heterocycles. The van der Waals surface area contributed by atoms with Gasteiger partial charge in [-0.25, -0.2) is 4.98 Å². The van der Waals surface area contributed by atoms with E-state index in [-0.39, 0.29) is 18.3 Å². The van der Waals surface area contributed by atoms with Crippen LogP contribution in [0.4, 0.5) is 5.69 Å². The predicted octanol–water partition coefficient (Wildman–Crippen LogP) is 1.55. The molecule has 0 aliphatic rings. The van der Waals surface area contributed by atoms with Gasteiger partial charge in [-0.3, -0.25) is 9.48 Å². The number of nitrogens with one attached hydrogen (secondary N) is 1. The Morgan fingerprint density at radius 1 is 1.50 bits per heavy atom. The van der Waals surface area contributed by atoms with E-state index in [4.69, 9.17) is 5.73 Å². The minimum absolute atomic E-state index is 0. The number of anilines is 1. The molecule has 0 saturated heterocycles. The fourth-order valence-corrected chi connectivity index (χ4v) is 2.00. The summed E-state index contributed by atoms with van der Waals surface area (Å²) in [7, 11) is 1.80. The van der Waals surface area contributed by atoms with Gasteiger partial charge in [0.25, 0.3) is 5.91 Å². The fourth-order valence-electron chi connectivity index (χ4n) is 1.62. The third kappa shape index (κ3) is 4.21. The molecule has 2 aromatic rings. The second-order valence-electron chi connectivity index (χ2n) is 4.07. The van der Waals surface area contributed by atoms with Crippen molar-refractivity contribution in [3.05, 3.63) is 40.4 Å². The molecule has 3 N–H and O–H groups in total. The quantitative estimate of drug-likeness (QED) is 0.810. The molecule has 8 heteroatoms. The standard InChI is InChI=1S/C12H14BrN5O.ClH/c1-18-7-16-11(17-18)4-5-15-12(19)9-3-2-8(13)6-10(9)14;/h2-3,6-7H,4-5,14H2,1H3,(H,15,19);1H. The molecular weight excluding hydrogens is 346 g/mol. The van der Waals surface area contributed by atoms with Gasteiger partial charge in [0.2, 0.25) is 0 Å². The van der Waals surface area contributed by atoms with Gasteiger partial charge in [0, 0.05) is 30.2 Å². The van der Waals surface area contributed by atoms with E-state index in [9.17, 15) is 4.79 Å². The molecule has 0 aliphatic heterocycles. The Bertz CT molecular complexity index is 601. The molecule has 1 aromatic heterocycles. The number of nitrogens with zero attached hydrogens (tertiary/aromatic N) is 3. The molecule has 6 nitrogen and oxygen atoms in total. The van der Waals surface area contributed by atoms with Crippen LogP contribution in [0.5, 0.6) is 0 Å². The summed E-state index contributed by atoms with van der Waals surface area (Å²) in [6.45, 7) is 0.471. The monoisotopic (exact) mass is 359 g/mol. The van der Waals surface area contributed by atoms with Crippen LogP contribution in [0.2, 0.25) is 0 Å². The molecule has 108 valence electrons. The summed E-state index contributed by atoms with van der Waals surface area (Å²) in [5, 5.41) is 6.93. The Labute approximate surface area is 131 Å². The molecule has 0 spiro atoms. The summed E-state index contributed by atoms with van der Waals surface area (Å²) >= 11 is 3.30. The molecule has 0 unspecified atom stereocenters. The van der Waals surface area contributed by atoms with E-state index in [0.29, 0.717) is 30.0 Å². The summed E-state index contributed by atoms with van der Waals surface area (Å²) in [4.78, 5) is 16.0. The van der Waals surface area contributed by atoms with E-state index < -0.39 is 0 Å². The Morgan fingerprint density at radius 3 is 2.85 bits per heavy atom. The number of hydrogen-bond acceptors (Lipinski definition) is 4. The molecule has 0 saturated carbocycles. The van der Waals surface area contributed by atoms with Gasteiger partial charge in [-0.1, -0.05) is 15.9 Å². The van der Waals surface area contributed by atoms with E-state index >= 15 is 0 Å². The number of carbonyl (C=O) groups excluding carboxylic acids is 1. The normalized spacial score (nSPS) is 9.90. The van der Waals surface area contributed by atoms with Gasteiger partial charge in [0.15, 0.2) is 5.82 Å². The van der Waals surface area contributed by atoms with Crippen molar-refractivity contribution < 1.29 is 4.79 Å². The predicted molar refractivity (Wildman–Crippen MR) is 82.8 cm³/mol. The lowest BCUT2D eigenvalue weighted by Gasteiger charge is -2.06. The highest BCUT2D eigenvalue weighted by Crippen LogP contribution is 2.18. The first-order valence-electron chi connectivity index (χ1n) is 5.74. The smallest absolute Gasteiger partial charge is 0.253 e. The van der Waals surface area contributed by atoms with E-state index in [1.807, 2.05) is 0 Å². The van der Waals surface area contributed by atoms with Gasteiger partial charge in [-0.15, -0.1) is 12.4 Å². The number of halogens is 2. The van der Waals surface area contributed by atoms with E-state index in [1.165, 1.54) is 0 Å². The van der Waals surface area contributed by atoms with Crippen LogP contribution in [0.25, 0.3) is 0 Å². The number of benzene rings is 1. The highest BCUT2D eigenvalue weighted by Gasteiger charge is 2.09. The van der Waals surface area contributed by atoms with Crippen molar-refractivity contribution in [1.29, 1.82) is 0 Å². The molecular formula is C12H15BrClN5O. The van der Waals surface area contributed by atoms with Gasteiger partial charge >= 0.3 is 0 Å². The van der Waals surface area contributed by atoms with Crippen LogP contribution in [-0.4, -0.2) is 27.2 Å². The van der Waals surface area contributed by atoms with E-state index in [2.05, 4.69) is 31.3 Å². The number of rotatable bonds is 4. The first-order chi connectivity index (χ1) is 9.06. The third-order valence-electron chi connectivity index (χ3n) is 2.54. The molecule has 0 bridgehead atoms. The van der Waals surface area contributed by atoms with Crippen molar-refractivity contribution in [2.24, 2.45) is 7.05 Å². The molecule has 2 rings (SSSR count). The van der Waals surface area contributed by atoms with Gasteiger partial charge < -0.3 is 11.1 Å². The second kappa shape index (κ2) is 7.25. The van der Waals surface area contributed by atoms with Crippen molar-refractivity contribution in [1.82, 2.24) is 20.1 Å². The SMILES string of the molecule is Cl.Cn1cnc(CCNC(=O)c2ccc(Br)cc2N)n1. The first-order valence-corrected chi connectivity index (χ1v) is 6.53. The number of nitrogens with two attached hydrogens (primary N) is 1. The van der Waals surface area contributed by atoms with Crippen molar-refractivity contribution in [3.63, 3.8) is 0 Å². The topological polar surface area (TPSA) is 85.8 Å². The molecule has 1 aromatic carbocycles. The average Bonchev–Trinajstić information content (AvgIpc) is 2.75. The number of carbonyl (C=O) groups is 1. The van der Waals surface area contributed by atoms with Crippen LogP contribution < -0.4 is 11.1 Å². The average molecular weight is 361 g/mol. The Hall–Kier alpha value is -1.60. The van der Waals surface area contributed by atoms with E-state index in [0.717, 1.165) is 4.47 Å². The van der Waals surface area contributed by atoms with E-state index in [1.54, 1.807) is 36.3 Å². The first kappa shape index (κ1) is 16.5. The lowest BCUT2D eigenvalue weighted by molar-refractivity contribution is 0.0955. The molecule has 0 fully saturated rings. The maximum atomic E-state index is 11.9. The molecule has 0 atom stereocenters. The molecule has 0 aliphatic carbocycles. The molecule has 0 radical (unpaired) electrons. The summed E-state index contributed by atoms with van der Waals surface area (Å²) < 4.78 is 2.48. The van der Waals surface area contributed by atoms with Gasteiger partial charge in [-0.05, 0) is 18.2 Å². The number of aryl methyl sites for hydroxylation is 1. The number of amides is 1. The third-order valence-corrected chi connectivity index (χ3v) is 3.03. The zero-order valence-electron chi connectivity index (χ0n) is 10.8. The number of aromatic nitrogens is 3. The molecule has 1 amide bonds. The van der Waals surface area contributed by atoms with Crippen molar-refractivity contribution in [2.45, 2.75) is 6.42 Å². The van der Waals surface area contributed by atoms with Gasteiger partial charge in [0.05, 0.1) is 5.56 Å². The van der Waals surface area contributed by atoms with Crippen LogP contribution in [0, 0.1) is 0 Å². The largest absolute Gasteiger partial charge is 0.398 e. The fraction of sp³-hybridized carbons (Fsp3) is 0.250. The Morgan fingerprint density at radius 2 is 2.25 bits per heavy atom. The zero-order chi connectivity index (χ0) is 13.8. The van der Waals surface area contributed by atoms with Crippen LogP contribution in [0.1, 0.15) is 16.2 Å². The van der Waals surface area contributed by atoms with Crippen molar-refractivity contribution >= 4 is 39.9 Å². The maximum Gasteiger partial charge on any atom is 0.253 e. The lowest BCUT2D eigenvalue weighted by atomic mass is 10.1. The summed E-state index contributed by atoms with van der Waals surface area (Å²) in [6, 6.07) is 5.18. The van der Waals surface area contributed by atoms with Crippen molar-refractivity contribution in [2.75, 3.05) is 12.3 Å². The van der Waals surface area contributed by atoms with Crippen LogP contribution >= 0.6 is 28.3 Å². The number of hydrogen-bond donors (Lipinski definition) is 2. The van der Waals surface area contributed by atoms with Crippen molar-refractivity contribution in [3.8, 4) is 0 Å². The van der Waals surface area contributed by atoms with Gasteiger partial charge in [-0.2, -0.15) is 5.10 Å².